The molecule has 2 heterocycles. The number of guanidine groups is 1. The van der Waals surface area contributed by atoms with Crippen LogP contribution in [0.25, 0.3) is 0 Å². The average molecular weight is 530 g/mol. The fraction of sp³-hybridized carbons (Fsp3) is 0.765. The van der Waals surface area contributed by atoms with E-state index in [1.807, 2.05) is 6.20 Å². The minimum absolute atomic E-state index is 0. The Balaban J connectivity index is 0.00000364. The van der Waals surface area contributed by atoms with Crippen LogP contribution in [0.4, 0.5) is 0 Å². The van der Waals surface area contributed by atoms with Crippen LogP contribution in [0.3, 0.4) is 0 Å². The maximum atomic E-state index is 11.3. The van der Waals surface area contributed by atoms with Gasteiger partial charge in [0, 0.05) is 49.6 Å². The topological polar surface area (TPSA) is 86.7 Å². The van der Waals surface area contributed by atoms with Gasteiger partial charge in [-0.15, -0.1) is 35.3 Å². The second-order valence-corrected chi connectivity index (χ2v) is 10.1. The molecule has 0 bridgehead atoms. The lowest BCUT2D eigenvalue weighted by molar-refractivity contribution is 0.216. The van der Waals surface area contributed by atoms with E-state index in [2.05, 4.69) is 39.4 Å². The molecule has 2 rings (SSSR count). The smallest absolute Gasteiger partial charge is 0.191 e. The predicted octanol–water partition coefficient (Wildman–Crippen LogP) is 1.89. The summed E-state index contributed by atoms with van der Waals surface area (Å²) in [6.07, 6.45) is 6.23. The van der Waals surface area contributed by atoms with Crippen LogP contribution in [0.15, 0.2) is 11.2 Å². The molecule has 7 nitrogen and oxygen atoms in total. The zero-order valence-electron chi connectivity index (χ0n) is 16.4. The molecule has 0 amide bonds. The first-order chi connectivity index (χ1) is 12.4. The molecule has 27 heavy (non-hydrogen) atoms. The molecule has 1 fully saturated rings. The number of aromatic nitrogens is 1. The number of hydrogen-bond donors (Lipinski definition) is 2. The average Bonchev–Trinajstić information content (AvgIpc) is 3.07. The van der Waals surface area contributed by atoms with Crippen molar-refractivity contribution >= 4 is 51.1 Å². The number of likely N-dealkylation sites (tertiary alicyclic amines) is 1. The summed E-state index contributed by atoms with van der Waals surface area (Å²) in [7, 11) is -2.89. The summed E-state index contributed by atoms with van der Waals surface area (Å²) in [6, 6.07) is 0.366. The van der Waals surface area contributed by atoms with Gasteiger partial charge in [0.25, 0.3) is 0 Å². The molecule has 0 radical (unpaired) electrons. The zero-order valence-corrected chi connectivity index (χ0v) is 20.4. The van der Waals surface area contributed by atoms with E-state index in [1.54, 1.807) is 11.3 Å². The molecular weight excluding hydrogens is 497 g/mol. The molecule has 1 aliphatic heterocycles. The highest BCUT2D eigenvalue weighted by Gasteiger charge is 2.20. The molecule has 0 aromatic carbocycles. The fourth-order valence-electron chi connectivity index (χ4n) is 2.84. The van der Waals surface area contributed by atoms with Crippen LogP contribution in [-0.2, 0) is 22.8 Å². The molecule has 10 heteroatoms. The standard InChI is InChI=1S/C17H31N5O2S2.HI/c1-4-15-12-19-16(25-15)13-20-17(18-5-2)21-14-6-8-22(9-7-14)10-11-26(3,23)24;/h12,14H,4-11,13H2,1-3H3,(H2,18,20,21);1H. The molecule has 1 aliphatic rings. The lowest BCUT2D eigenvalue weighted by Crippen LogP contribution is -2.49. The number of aliphatic imine (C=N–C) groups is 1. The van der Waals surface area contributed by atoms with E-state index in [1.165, 1.54) is 11.1 Å². The Labute approximate surface area is 184 Å². The Hall–Kier alpha value is -0.460. The number of thiazole rings is 1. The van der Waals surface area contributed by atoms with Crippen molar-refractivity contribution in [3.05, 3.63) is 16.1 Å². The van der Waals surface area contributed by atoms with E-state index >= 15 is 0 Å². The molecule has 156 valence electrons. The van der Waals surface area contributed by atoms with Gasteiger partial charge in [0.1, 0.15) is 14.8 Å². The third kappa shape index (κ3) is 9.53. The van der Waals surface area contributed by atoms with Crippen molar-refractivity contribution < 1.29 is 8.42 Å². The first kappa shape index (κ1) is 24.6. The number of aryl methyl sites for hydroxylation is 1. The quantitative estimate of drug-likeness (QED) is 0.304. The van der Waals surface area contributed by atoms with Crippen LogP contribution in [0.2, 0.25) is 0 Å². The van der Waals surface area contributed by atoms with Gasteiger partial charge in [0.05, 0.1) is 12.3 Å². The third-order valence-corrected chi connectivity index (χ3v) is 6.42. The summed E-state index contributed by atoms with van der Waals surface area (Å²) >= 11 is 1.72. The lowest BCUT2D eigenvalue weighted by atomic mass is 10.1. The SMILES string of the molecule is CCNC(=NCc1ncc(CC)s1)NC1CCN(CCS(C)(=O)=O)CC1.I. The summed E-state index contributed by atoms with van der Waals surface area (Å²) in [5.74, 6) is 1.07. The van der Waals surface area contributed by atoms with E-state index < -0.39 is 9.84 Å². The monoisotopic (exact) mass is 529 g/mol. The second kappa shape index (κ2) is 12.2. The van der Waals surface area contributed by atoms with E-state index in [0.29, 0.717) is 19.1 Å². The number of halogens is 1. The second-order valence-electron chi connectivity index (χ2n) is 6.66. The van der Waals surface area contributed by atoms with Gasteiger partial charge in [-0.2, -0.15) is 0 Å². The van der Waals surface area contributed by atoms with Crippen molar-refractivity contribution in [1.82, 2.24) is 20.5 Å². The van der Waals surface area contributed by atoms with Crippen LogP contribution in [0.5, 0.6) is 0 Å². The van der Waals surface area contributed by atoms with Crippen molar-refractivity contribution in [1.29, 1.82) is 0 Å². The highest BCUT2D eigenvalue weighted by molar-refractivity contribution is 14.0. The van der Waals surface area contributed by atoms with E-state index in [4.69, 9.17) is 0 Å². The Bertz CT molecular complexity index is 685. The van der Waals surface area contributed by atoms with Gasteiger partial charge in [-0.1, -0.05) is 6.92 Å². The lowest BCUT2D eigenvalue weighted by Gasteiger charge is -2.32. The molecule has 2 N–H and O–H groups in total. The number of piperidine rings is 1. The van der Waals surface area contributed by atoms with Crippen molar-refractivity contribution in [2.24, 2.45) is 4.99 Å². The summed E-state index contributed by atoms with van der Waals surface area (Å²) in [4.78, 5) is 12.6. The zero-order chi connectivity index (χ0) is 19.0. The van der Waals surface area contributed by atoms with Gasteiger partial charge in [-0.25, -0.2) is 18.4 Å². The van der Waals surface area contributed by atoms with Crippen LogP contribution in [-0.4, -0.2) is 68.5 Å². The minimum atomic E-state index is -2.89. The highest BCUT2D eigenvalue weighted by atomic mass is 127. The largest absolute Gasteiger partial charge is 0.357 e. The van der Waals surface area contributed by atoms with Crippen LogP contribution >= 0.6 is 35.3 Å². The molecular formula is C17H32IN5O2S2. The van der Waals surface area contributed by atoms with E-state index in [-0.39, 0.29) is 29.7 Å². The first-order valence-corrected chi connectivity index (χ1v) is 12.2. The van der Waals surface area contributed by atoms with Crippen LogP contribution in [0.1, 0.15) is 36.6 Å². The molecule has 1 aromatic heterocycles. The normalized spacial score (nSPS) is 16.8. The summed E-state index contributed by atoms with van der Waals surface area (Å²) < 4.78 is 22.6. The third-order valence-electron chi connectivity index (χ3n) is 4.37. The number of hydrogen-bond acceptors (Lipinski definition) is 6. The van der Waals surface area contributed by atoms with E-state index in [0.717, 1.165) is 49.9 Å². The van der Waals surface area contributed by atoms with Gasteiger partial charge in [-0.05, 0) is 26.2 Å². The number of nitrogens with one attached hydrogen (secondary N) is 2. The number of rotatable bonds is 8. The Morgan fingerprint density at radius 2 is 2.07 bits per heavy atom. The van der Waals surface area contributed by atoms with Gasteiger partial charge >= 0.3 is 0 Å². The van der Waals surface area contributed by atoms with E-state index in [9.17, 15) is 8.42 Å². The molecule has 0 aliphatic carbocycles. The first-order valence-electron chi connectivity index (χ1n) is 9.28. The molecule has 1 saturated heterocycles. The predicted molar refractivity (Wildman–Crippen MR) is 124 cm³/mol. The fourth-order valence-corrected chi connectivity index (χ4v) is 4.22. The van der Waals surface area contributed by atoms with Gasteiger partial charge in [0.2, 0.25) is 0 Å². The van der Waals surface area contributed by atoms with Crippen LogP contribution in [0, 0.1) is 0 Å². The summed E-state index contributed by atoms with van der Waals surface area (Å²) in [6.45, 7) is 8.06. The molecule has 0 saturated carbocycles. The van der Waals surface area contributed by atoms with Crippen molar-refractivity contribution in [2.75, 3.05) is 38.2 Å². The van der Waals surface area contributed by atoms with Crippen molar-refractivity contribution in [3.8, 4) is 0 Å². The molecule has 0 spiro atoms. The summed E-state index contributed by atoms with van der Waals surface area (Å²) in [5, 5.41) is 7.85. The Morgan fingerprint density at radius 3 is 2.63 bits per heavy atom. The molecule has 0 atom stereocenters. The number of nitrogens with zero attached hydrogens (tertiary/aromatic N) is 3. The van der Waals surface area contributed by atoms with Crippen LogP contribution < -0.4 is 10.6 Å². The highest BCUT2D eigenvalue weighted by Crippen LogP contribution is 2.14. The Morgan fingerprint density at radius 1 is 1.37 bits per heavy atom. The molecule has 1 aromatic rings. The summed E-state index contributed by atoms with van der Waals surface area (Å²) in [5.41, 5.74) is 0. The van der Waals surface area contributed by atoms with Gasteiger partial charge in [-0.3, -0.25) is 0 Å². The Kier molecular flexibility index (Phi) is 11.1. The maximum Gasteiger partial charge on any atom is 0.191 e. The maximum absolute atomic E-state index is 11.3. The minimum Gasteiger partial charge on any atom is -0.357 e. The van der Waals surface area contributed by atoms with Crippen molar-refractivity contribution in [3.63, 3.8) is 0 Å². The van der Waals surface area contributed by atoms with Gasteiger partial charge < -0.3 is 15.5 Å². The number of sulfone groups is 1. The van der Waals surface area contributed by atoms with Gasteiger partial charge in [0.15, 0.2) is 5.96 Å². The van der Waals surface area contributed by atoms with Crippen molar-refractivity contribution in [2.45, 2.75) is 45.7 Å². The molecule has 0 unspecified atom stereocenters.